The van der Waals surface area contributed by atoms with E-state index in [-0.39, 0.29) is 12.1 Å². The van der Waals surface area contributed by atoms with Crippen molar-refractivity contribution in [2.75, 3.05) is 0 Å². The summed E-state index contributed by atoms with van der Waals surface area (Å²) in [5.74, 6) is 0. The molecule has 0 amide bonds. The van der Waals surface area contributed by atoms with Gasteiger partial charge >= 0.3 is 0 Å². The van der Waals surface area contributed by atoms with E-state index < -0.39 is 8.18 Å². The number of rotatable bonds is 3. The Balaban J connectivity index is 4.12. The number of hydrogen-bond donors (Lipinski definition) is 1. The summed E-state index contributed by atoms with van der Waals surface area (Å²) in [5.41, 5.74) is 0. The normalized spacial score (nSPS) is 15.2. The highest BCUT2D eigenvalue weighted by Crippen LogP contribution is 2.26. The Hall–Kier alpha value is 0.150. The zero-order valence-electron chi connectivity index (χ0n) is 6.96. The van der Waals surface area contributed by atoms with Crippen molar-refractivity contribution in [2.45, 2.75) is 39.8 Å². The van der Waals surface area contributed by atoms with Crippen molar-refractivity contribution in [1.29, 1.82) is 0 Å². The minimum absolute atomic E-state index is 0.149. The van der Waals surface area contributed by atoms with E-state index >= 15 is 0 Å². The maximum atomic E-state index is 10.7. The van der Waals surface area contributed by atoms with Gasteiger partial charge < -0.3 is 4.89 Å². The van der Waals surface area contributed by atoms with E-state index in [4.69, 9.17) is 4.89 Å². The molecule has 1 N–H and O–H groups in total. The van der Waals surface area contributed by atoms with Crippen molar-refractivity contribution >= 4 is 8.18 Å². The lowest BCUT2D eigenvalue weighted by Gasteiger charge is -2.26. The predicted octanol–water partition coefficient (Wildman–Crippen LogP) is 1.49. The lowest BCUT2D eigenvalue weighted by atomic mass is 10.3. The number of hydrogen-bond acceptors (Lipinski definition) is 1. The van der Waals surface area contributed by atoms with Crippen LogP contribution in [-0.4, -0.2) is 21.6 Å². The molecule has 10 heavy (non-hydrogen) atoms. The molecule has 0 radical (unpaired) electrons. The molecule has 0 aromatic rings. The molecule has 1 unspecified atom stereocenters. The quantitative estimate of drug-likeness (QED) is 0.644. The summed E-state index contributed by atoms with van der Waals surface area (Å²) >= 11 is 0. The third kappa shape index (κ3) is 2.82. The van der Waals surface area contributed by atoms with E-state index in [0.717, 1.165) is 0 Å². The number of nitrogens with zero attached hydrogens (tertiary/aromatic N) is 1. The standard InChI is InChI=1S/C6H16NO2P/c1-5(2)7(6(3)4)10(8)9/h5-6,10H,1-4H3,(H,8,9). The summed E-state index contributed by atoms with van der Waals surface area (Å²) in [5, 5.41) is 0. The first kappa shape index (κ1) is 10.2. The Bertz CT molecular complexity index is 117. The van der Waals surface area contributed by atoms with Crippen LogP contribution in [0.3, 0.4) is 0 Å². The van der Waals surface area contributed by atoms with Crippen LogP contribution in [0.2, 0.25) is 0 Å². The molecule has 0 saturated heterocycles. The smallest absolute Gasteiger partial charge is 0.258 e. The summed E-state index contributed by atoms with van der Waals surface area (Å²) in [6.07, 6.45) is 0. The Morgan fingerprint density at radius 1 is 1.20 bits per heavy atom. The van der Waals surface area contributed by atoms with E-state index in [9.17, 15) is 4.57 Å². The van der Waals surface area contributed by atoms with Gasteiger partial charge in [-0.15, -0.1) is 0 Å². The van der Waals surface area contributed by atoms with Gasteiger partial charge in [0.15, 0.2) is 0 Å². The van der Waals surface area contributed by atoms with Crippen LogP contribution in [0.4, 0.5) is 0 Å². The molecule has 0 aliphatic carbocycles. The summed E-state index contributed by atoms with van der Waals surface area (Å²) in [6, 6.07) is 0.299. The molecule has 0 bridgehead atoms. The first-order valence-electron chi connectivity index (χ1n) is 3.48. The second-order valence-corrected chi connectivity index (χ2v) is 3.96. The molecule has 1 atom stereocenters. The first-order chi connectivity index (χ1) is 4.46. The van der Waals surface area contributed by atoms with Gasteiger partial charge in [-0.05, 0) is 27.7 Å². The van der Waals surface area contributed by atoms with Crippen LogP contribution >= 0.6 is 8.18 Å². The highest BCUT2D eigenvalue weighted by molar-refractivity contribution is 7.35. The minimum atomic E-state index is -2.49. The SMILES string of the molecule is CC(C)N(C(C)C)[PH](=O)O. The molecule has 3 nitrogen and oxygen atoms in total. The molecule has 4 heteroatoms. The average molecular weight is 165 g/mol. The fourth-order valence-electron chi connectivity index (χ4n) is 1.04. The lowest BCUT2D eigenvalue weighted by Crippen LogP contribution is -2.30. The molecule has 0 saturated carbocycles. The van der Waals surface area contributed by atoms with Crippen molar-refractivity contribution in [1.82, 2.24) is 4.67 Å². The summed E-state index contributed by atoms with van der Waals surface area (Å²) in [6.45, 7) is 7.66. The van der Waals surface area contributed by atoms with Crippen LogP contribution in [-0.2, 0) is 4.57 Å². The van der Waals surface area contributed by atoms with Crippen molar-refractivity contribution < 1.29 is 9.46 Å². The molecule has 0 spiro atoms. The van der Waals surface area contributed by atoms with Crippen LogP contribution in [0.1, 0.15) is 27.7 Å². The average Bonchev–Trinajstić information content (AvgIpc) is 1.59. The second kappa shape index (κ2) is 4.12. The zero-order valence-corrected chi connectivity index (χ0v) is 7.96. The van der Waals surface area contributed by atoms with E-state index in [1.165, 1.54) is 0 Å². The Labute approximate surface area is 63.0 Å². The third-order valence-electron chi connectivity index (χ3n) is 1.33. The maximum Gasteiger partial charge on any atom is 0.258 e. The van der Waals surface area contributed by atoms with Crippen LogP contribution < -0.4 is 0 Å². The van der Waals surface area contributed by atoms with Gasteiger partial charge in [0.25, 0.3) is 8.18 Å². The largest absolute Gasteiger partial charge is 0.335 e. The molecule has 0 rings (SSSR count). The molecule has 0 fully saturated rings. The molecule has 62 valence electrons. The van der Waals surface area contributed by atoms with Crippen molar-refractivity contribution in [3.8, 4) is 0 Å². The molecular weight excluding hydrogens is 149 g/mol. The van der Waals surface area contributed by atoms with Crippen molar-refractivity contribution in [2.24, 2.45) is 0 Å². The van der Waals surface area contributed by atoms with E-state index in [1.54, 1.807) is 4.67 Å². The molecule has 0 aromatic heterocycles. The van der Waals surface area contributed by atoms with Crippen molar-refractivity contribution in [3.63, 3.8) is 0 Å². The Morgan fingerprint density at radius 3 is 1.50 bits per heavy atom. The van der Waals surface area contributed by atoms with E-state index in [1.807, 2.05) is 27.7 Å². The van der Waals surface area contributed by atoms with E-state index in [0.29, 0.717) is 0 Å². The monoisotopic (exact) mass is 165 g/mol. The highest BCUT2D eigenvalue weighted by atomic mass is 31.1. The van der Waals surface area contributed by atoms with Crippen LogP contribution in [0.15, 0.2) is 0 Å². The third-order valence-corrected chi connectivity index (χ3v) is 2.81. The fraction of sp³-hybridized carbons (Fsp3) is 1.00. The first-order valence-corrected chi connectivity index (χ1v) is 4.78. The van der Waals surface area contributed by atoms with Gasteiger partial charge in [-0.1, -0.05) is 0 Å². The van der Waals surface area contributed by atoms with E-state index in [2.05, 4.69) is 0 Å². The zero-order chi connectivity index (χ0) is 8.31. The fourth-order valence-corrected chi connectivity index (χ4v) is 1.92. The van der Waals surface area contributed by atoms with Crippen molar-refractivity contribution in [3.05, 3.63) is 0 Å². The van der Waals surface area contributed by atoms with Crippen LogP contribution in [0.25, 0.3) is 0 Å². The molecule has 0 aliphatic heterocycles. The summed E-state index contributed by atoms with van der Waals surface area (Å²) < 4.78 is 12.3. The van der Waals surface area contributed by atoms with Gasteiger partial charge in [0.05, 0.1) is 0 Å². The summed E-state index contributed by atoms with van der Waals surface area (Å²) in [4.78, 5) is 8.83. The summed E-state index contributed by atoms with van der Waals surface area (Å²) in [7, 11) is -2.49. The maximum absolute atomic E-state index is 10.7. The van der Waals surface area contributed by atoms with Gasteiger partial charge in [0.1, 0.15) is 0 Å². The van der Waals surface area contributed by atoms with Gasteiger partial charge in [-0.3, -0.25) is 4.57 Å². The Morgan fingerprint density at radius 2 is 1.50 bits per heavy atom. The Kier molecular flexibility index (Phi) is 4.18. The molecule has 0 heterocycles. The van der Waals surface area contributed by atoms with Crippen LogP contribution in [0, 0.1) is 0 Å². The molecular formula is C6H16NO2P. The van der Waals surface area contributed by atoms with Crippen LogP contribution in [0.5, 0.6) is 0 Å². The van der Waals surface area contributed by atoms with Gasteiger partial charge in [-0.25, -0.2) is 4.67 Å². The molecule has 0 aromatic carbocycles. The topological polar surface area (TPSA) is 40.5 Å². The van der Waals surface area contributed by atoms with Gasteiger partial charge in [0.2, 0.25) is 0 Å². The van der Waals surface area contributed by atoms with Gasteiger partial charge in [0, 0.05) is 12.1 Å². The lowest BCUT2D eigenvalue weighted by molar-refractivity contribution is 0.278. The highest BCUT2D eigenvalue weighted by Gasteiger charge is 2.16. The predicted molar refractivity (Wildman–Crippen MR) is 43.3 cm³/mol. The second-order valence-electron chi connectivity index (χ2n) is 2.88. The molecule has 0 aliphatic rings. The minimum Gasteiger partial charge on any atom is -0.335 e. The van der Waals surface area contributed by atoms with Gasteiger partial charge in [-0.2, -0.15) is 0 Å².